The fraction of sp³-hybridized carbons (Fsp3) is 0.462. The second kappa shape index (κ2) is 9.61. The molecule has 0 bridgehead atoms. The number of halogens is 1. The first-order chi connectivity index (χ1) is 8.67. The molecular weight excluding hydrogens is 268 g/mol. The quantitative estimate of drug-likeness (QED) is 0.748. The second-order valence-electron chi connectivity index (χ2n) is 3.92. The van der Waals surface area contributed by atoms with Crippen LogP contribution in [0.5, 0.6) is 5.75 Å². The highest BCUT2D eigenvalue weighted by Gasteiger charge is 2.07. The second-order valence-corrected chi connectivity index (χ2v) is 3.92. The molecule has 0 aromatic heterocycles. The Balaban J connectivity index is 0.00000324. The zero-order chi connectivity index (χ0) is 13.4. The molecule has 0 saturated carbocycles. The maximum absolute atomic E-state index is 11.7. The van der Waals surface area contributed by atoms with Crippen LogP contribution < -0.4 is 15.4 Å². The molecule has 19 heavy (non-hydrogen) atoms. The number of hydrogen-bond acceptors (Lipinski definition) is 4. The van der Waals surface area contributed by atoms with Crippen molar-refractivity contribution < 1.29 is 14.3 Å². The van der Waals surface area contributed by atoms with Crippen molar-refractivity contribution in [3.63, 3.8) is 0 Å². The smallest absolute Gasteiger partial charge is 0.238 e. The molecule has 5 nitrogen and oxygen atoms in total. The van der Waals surface area contributed by atoms with Crippen LogP contribution in [0.2, 0.25) is 0 Å². The highest BCUT2D eigenvalue weighted by atomic mass is 35.5. The molecule has 0 atom stereocenters. The minimum Gasteiger partial charge on any atom is -0.495 e. The Labute approximate surface area is 120 Å². The molecule has 0 unspecified atom stereocenters. The van der Waals surface area contributed by atoms with Gasteiger partial charge in [-0.15, -0.1) is 12.4 Å². The monoisotopic (exact) mass is 288 g/mol. The first-order valence-electron chi connectivity index (χ1n) is 5.81. The number of benzene rings is 1. The van der Waals surface area contributed by atoms with E-state index in [9.17, 15) is 4.79 Å². The molecule has 6 heteroatoms. The summed E-state index contributed by atoms with van der Waals surface area (Å²) in [5.41, 5.74) is 1.77. The lowest BCUT2D eigenvalue weighted by atomic mass is 10.2. The van der Waals surface area contributed by atoms with Gasteiger partial charge in [-0.05, 0) is 24.6 Å². The van der Waals surface area contributed by atoms with Gasteiger partial charge in [0, 0.05) is 13.7 Å². The number of carbonyl (C=O) groups is 1. The van der Waals surface area contributed by atoms with E-state index >= 15 is 0 Å². The van der Waals surface area contributed by atoms with E-state index in [1.165, 1.54) is 0 Å². The van der Waals surface area contributed by atoms with Crippen molar-refractivity contribution in [2.75, 3.05) is 39.2 Å². The zero-order valence-electron chi connectivity index (χ0n) is 11.5. The van der Waals surface area contributed by atoms with Gasteiger partial charge in [-0.2, -0.15) is 0 Å². The van der Waals surface area contributed by atoms with Crippen LogP contribution in [-0.2, 0) is 9.53 Å². The van der Waals surface area contributed by atoms with Gasteiger partial charge >= 0.3 is 0 Å². The average molecular weight is 289 g/mol. The molecule has 1 aromatic rings. The Morgan fingerprint density at radius 2 is 2.05 bits per heavy atom. The molecule has 2 N–H and O–H groups in total. The van der Waals surface area contributed by atoms with E-state index < -0.39 is 0 Å². The first kappa shape index (κ1) is 17.7. The van der Waals surface area contributed by atoms with Crippen LogP contribution in [-0.4, -0.2) is 39.8 Å². The third-order valence-electron chi connectivity index (χ3n) is 2.40. The van der Waals surface area contributed by atoms with E-state index in [1.54, 1.807) is 14.2 Å². The third-order valence-corrected chi connectivity index (χ3v) is 2.40. The number of amides is 1. The molecule has 0 aliphatic rings. The third kappa shape index (κ3) is 6.42. The van der Waals surface area contributed by atoms with Crippen molar-refractivity contribution in [3.8, 4) is 5.75 Å². The molecule has 1 rings (SSSR count). The van der Waals surface area contributed by atoms with Crippen LogP contribution in [0, 0.1) is 6.92 Å². The molecule has 0 heterocycles. The number of rotatable bonds is 7. The number of hydrogen-bond donors (Lipinski definition) is 2. The van der Waals surface area contributed by atoms with Crippen LogP contribution in [0.25, 0.3) is 0 Å². The number of carbonyl (C=O) groups excluding carboxylic acids is 1. The minimum atomic E-state index is -0.103. The summed E-state index contributed by atoms with van der Waals surface area (Å²) in [6.45, 7) is 3.46. The van der Waals surface area contributed by atoms with E-state index in [1.807, 2.05) is 25.1 Å². The number of methoxy groups -OCH3 is 2. The van der Waals surface area contributed by atoms with Gasteiger partial charge in [0.1, 0.15) is 5.75 Å². The van der Waals surface area contributed by atoms with Gasteiger partial charge in [-0.3, -0.25) is 4.79 Å². The van der Waals surface area contributed by atoms with Crippen molar-refractivity contribution in [1.29, 1.82) is 0 Å². The van der Waals surface area contributed by atoms with E-state index in [0.29, 0.717) is 24.6 Å². The lowest BCUT2D eigenvalue weighted by molar-refractivity contribution is -0.115. The Morgan fingerprint density at radius 1 is 1.32 bits per heavy atom. The predicted octanol–water partition coefficient (Wildman–Crippen LogP) is 1.60. The molecule has 1 amide bonds. The van der Waals surface area contributed by atoms with Gasteiger partial charge in [-0.25, -0.2) is 0 Å². The van der Waals surface area contributed by atoms with Gasteiger partial charge < -0.3 is 20.1 Å². The summed E-state index contributed by atoms with van der Waals surface area (Å²) in [7, 11) is 3.21. The summed E-state index contributed by atoms with van der Waals surface area (Å²) in [5, 5.41) is 5.78. The summed E-state index contributed by atoms with van der Waals surface area (Å²) in [6, 6.07) is 5.64. The lowest BCUT2D eigenvalue weighted by Crippen LogP contribution is -2.30. The van der Waals surface area contributed by atoms with Crippen molar-refractivity contribution in [3.05, 3.63) is 23.8 Å². The minimum absolute atomic E-state index is 0. The molecule has 0 saturated heterocycles. The molecule has 0 fully saturated rings. The van der Waals surface area contributed by atoms with Crippen molar-refractivity contribution >= 4 is 24.0 Å². The van der Waals surface area contributed by atoms with E-state index in [2.05, 4.69) is 10.6 Å². The fourth-order valence-corrected chi connectivity index (χ4v) is 1.47. The Bertz CT molecular complexity index is 399. The average Bonchev–Trinajstić information content (AvgIpc) is 2.37. The molecule has 108 valence electrons. The fourth-order valence-electron chi connectivity index (χ4n) is 1.47. The standard InChI is InChI=1S/C13H20N2O3.ClH/c1-10-4-5-11(12(8-10)18-3)15-13(16)9-14-6-7-17-2;/h4-5,8,14H,6-7,9H2,1-3H3,(H,15,16);1H. The number of aryl methyl sites for hydroxylation is 1. The van der Waals surface area contributed by atoms with E-state index in [0.717, 1.165) is 5.56 Å². The Kier molecular flexibility index (Phi) is 8.95. The predicted molar refractivity (Wildman–Crippen MR) is 78.4 cm³/mol. The first-order valence-corrected chi connectivity index (χ1v) is 5.81. The Hall–Kier alpha value is -1.30. The lowest BCUT2D eigenvalue weighted by Gasteiger charge is -2.11. The highest BCUT2D eigenvalue weighted by Crippen LogP contribution is 2.24. The highest BCUT2D eigenvalue weighted by molar-refractivity contribution is 5.93. The summed E-state index contributed by atoms with van der Waals surface area (Å²) in [5.74, 6) is 0.563. The summed E-state index contributed by atoms with van der Waals surface area (Å²) in [6.07, 6.45) is 0. The maximum atomic E-state index is 11.7. The van der Waals surface area contributed by atoms with Crippen LogP contribution >= 0.6 is 12.4 Å². The van der Waals surface area contributed by atoms with Crippen molar-refractivity contribution in [2.45, 2.75) is 6.92 Å². The van der Waals surface area contributed by atoms with Gasteiger partial charge in [0.05, 0.1) is 25.9 Å². The number of nitrogens with one attached hydrogen (secondary N) is 2. The molecule has 0 aliphatic carbocycles. The maximum Gasteiger partial charge on any atom is 0.238 e. The van der Waals surface area contributed by atoms with Crippen LogP contribution in [0.1, 0.15) is 5.56 Å². The summed E-state index contributed by atoms with van der Waals surface area (Å²) >= 11 is 0. The number of ether oxygens (including phenoxy) is 2. The van der Waals surface area contributed by atoms with Gasteiger partial charge in [0.15, 0.2) is 0 Å². The van der Waals surface area contributed by atoms with Crippen molar-refractivity contribution in [2.24, 2.45) is 0 Å². The van der Waals surface area contributed by atoms with Crippen LogP contribution in [0.15, 0.2) is 18.2 Å². The Morgan fingerprint density at radius 3 is 2.68 bits per heavy atom. The van der Waals surface area contributed by atoms with Gasteiger partial charge in [-0.1, -0.05) is 6.07 Å². The molecule has 0 aliphatic heterocycles. The zero-order valence-corrected chi connectivity index (χ0v) is 12.3. The molecule has 0 radical (unpaired) electrons. The topological polar surface area (TPSA) is 59.6 Å². The van der Waals surface area contributed by atoms with Crippen LogP contribution in [0.3, 0.4) is 0 Å². The normalized spacial score (nSPS) is 9.63. The van der Waals surface area contributed by atoms with Gasteiger partial charge in [0.25, 0.3) is 0 Å². The molecule has 0 spiro atoms. The summed E-state index contributed by atoms with van der Waals surface area (Å²) < 4.78 is 10.1. The van der Waals surface area contributed by atoms with E-state index in [4.69, 9.17) is 9.47 Å². The van der Waals surface area contributed by atoms with Crippen LogP contribution in [0.4, 0.5) is 5.69 Å². The number of anilines is 1. The van der Waals surface area contributed by atoms with Gasteiger partial charge in [0.2, 0.25) is 5.91 Å². The van der Waals surface area contributed by atoms with Crippen molar-refractivity contribution in [1.82, 2.24) is 5.32 Å². The van der Waals surface area contributed by atoms with E-state index in [-0.39, 0.29) is 24.9 Å². The summed E-state index contributed by atoms with van der Waals surface area (Å²) in [4.78, 5) is 11.7. The molecular formula is C13H21ClN2O3. The SMILES string of the molecule is COCCNCC(=O)Nc1ccc(C)cc1OC.Cl. The molecule has 1 aromatic carbocycles. The largest absolute Gasteiger partial charge is 0.495 e.